The van der Waals surface area contributed by atoms with Crippen molar-refractivity contribution in [3.05, 3.63) is 82.3 Å². The number of anilines is 1. The summed E-state index contributed by atoms with van der Waals surface area (Å²) in [7, 11) is -4.06. The lowest BCUT2D eigenvalue weighted by atomic mass is 10.0. The summed E-state index contributed by atoms with van der Waals surface area (Å²) in [5.41, 5.74) is 0.485. The lowest BCUT2D eigenvalue weighted by Gasteiger charge is -2.33. The summed E-state index contributed by atoms with van der Waals surface area (Å²) < 4.78 is 47.8. The van der Waals surface area contributed by atoms with Gasteiger partial charge in [-0.1, -0.05) is 23.7 Å². The average Bonchev–Trinajstić information content (AvgIpc) is 2.78. The van der Waals surface area contributed by atoms with Crippen molar-refractivity contribution in [2.45, 2.75) is 24.3 Å². The van der Waals surface area contributed by atoms with Crippen LogP contribution in [0.3, 0.4) is 0 Å². The number of ketones is 1. The van der Waals surface area contributed by atoms with E-state index in [1.165, 1.54) is 48.7 Å². The topological polar surface area (TPSA) is 100 Å². The van der Waals surface area contributed by atoms with Crippen LogP contribution in [0.1, 0.15) is 28.4 Å². The second kappa shape index (κ2) is 8.81. The summed E-state index contributed by atoms with van der Waals surface area (Å²) in [6, 6.07) is 13.0. The largest absolute Gasteiger partial charge is 0.471 e. The normalized spacial score (nSPS) is 15.3. The standard InChI is InChI=1S/C23H17ClFN3O4S/c1-14-13-28(33(30,31)17-5-2-4-15(8-17)11-26)20-9-16(12-27-23(20)32-14)10-21(29)22-18(24)6-3-7-19(22)25/h2-9,12,14H,10,13H2,1H3/t14-/m0/s1. The molecule has 10 heteroatoms. The number of carbonyl (C=O) groups is 1. The van der Waals surface area contributed by atoms with Gasteiger partial charge in [-0.3, -0.25) is 9.10 Å². The van der Waals surface area contributed by atoms with Crippen molar-refractivity contribution in [3.63, 3.8) is 0 Å². The van der Waals surface area contributed by atoms with Crippen molar-refractivity contribution in [1.82, 2.24) is 4.98 Å². The van der Waals surface area contributed by atoms with E-state index in [0.29, 0.717) is 5.56 Å². The van der Waals surface area contributed by atoms with Gasteiger partial charge >= 0.3 is 0 Å². The zero-order chi connectivity index (χ0) is 23.8. The molecule has 4 rings (SSSR count). The van der Waals surface area contributed by atoms with Crippen LogP contribution in [-0.4, -0.2) is 31.8 Å². The number of ether oxygens (including phenoxy) is 1. The van der Waals surface area contributed by atoms with Gasteiger partial charge in [-0.05, 0) is 48.9 Å². The Labute approximate surface area is 195 Å². The number of halogens is 2. The van der Waals surface area contributed by atoms with E-state index in [1.54, 1.807) is 6.92 Å². The van der Waals surface area contributed by atoms with Gasteiger partial charge in [0, 0.05) is 12.6 Å². The number of aromatic nitrogens is 1. The second-order valence-electron chi connectivity index (χ2n) is 7.47. The number of hydrogen-bond donors (Lipinski definition) is 0. The third kappa shape index (κ3) is 4.40. The highest BCUT2D eigenvalue weighted by Crippen LogP contribution is 2.36. The maximum absolute atomic E-state index is 14.1. The van der Waals surface area contributed by atoms with Gasteiger partial charge in [-0.15, -0.1) is 0 Å². The van der Waals surface area contributed by atoms with E-state index in [-0.39, 0.29) is 45.6 Å². The molecule has 1 atom stereocenters. The molecule has 0 saturated carbocycles. The molecule has 33 heavy (non-hydrogen) atoms. The van der Waals surface area contributed by atoms with Crippen LogP contribution in [0.4, 0.5) is 10.1 Å². The van der Waals surface area contributed by atoms with Crippen LogP contribution in [0.2, 0.25) is 5.02 Å². The Morgan fingerprint density at radius 2 is 2.06 bits per heavy atom. The summed E-state index contributed by atoms with van der Waals surface area (Å²) >= 11 is 5.99. The van der Waals surface area contributed by atoms with E-state index < -0.39 is 27.7 Å². The number of nitrogens with zero attached hydrogens (tertiary/aromatic N) is 3. The third-order valence-electron chi connectivity index (χ3n) is 5.05. The highest BCUT2D eigenvalue weighted by atomic mass is 35.5. The van der Waals surface area contributed by atoms with Crippen LogP contribution in [-0.2, 0) is 16.4 Å². The molecule has 168 valence electrons. The molecular weight excluding hydrogens is 469 g/mol. The monoisotopic (exact) mass is 485 g/mol. The summed E-state index contributed by atoms with van der Waals surface area (Å²) in [5, 5.41) is 9.13. The number of Topliss-reactive ketones (excluding diaryl/α,β-unsaturated/α-hetero) is 1. The first-order valence-electron chi connectivity index (χ1n) is 9.86. The Balaban J connectivity index is 1.72. The number of rotatable bonds is 5. The second-order valence-corrected chi connectivity index (χ2v) is 9.74. The molecule has 0 radical (unpaired) electrons. The Morgan fingerprint density at radius 3 is 2.79 bits per heavy atom. The maximum atomic E-state index is 14.1. The van der Waals surface area contributed by atoms with Gasteiger partial charge in [0.1, 0.15) is 17.6 Å². The minimum Gasteiger partial charge on any atom is -0.471 e. The highest BCUT2D eigenvalue weighted by Gasteiger charge is 2.34. The molecule has 0 saturated heterocycles. The van der Waals surface area contributed by atoms with Gasteiger partial charge in [0.05, 0.1) is 33.7 Å². The molecule has 0 aliphatic carbocycles. The smallest absolute Gasteiger partial charge is 0.264 e. The molecule has 0 unspecified atom stereocenters. The van der Waals surface area contributed by atoms with Crippen LogP contribution < -0.4 is 9.04 Å². The SMILES string of the molecule is C[C@H]1CN(S(=O)(=O)c2cccc(C#N)c2)c2cc(CC(=O)c3c(F)cccc3Cl)cnc2O1. The Kier molecular flexibility index (Phi) is 6.06. The van der Waals surface area contributed by atoms with E-state index in [2.05, 4.69) is 4.98 Å². The Bertz CT molecular complexity index is 1380. The van der Waals surface area contributed by atoms with Gasteiger partial charge in [-0.2, -0.15) is 5.26 Å². The van der Waals surface area contributed by atoms with Crippen LogP contribution in [0.25, 0.3) is 0 Å². The summed E-state index contributed by atoms with van der Waals surface area (Å²) in [4.78, 5) is 16.8. The van der Waals surface area contributed by atoms with E-state index in [1.807, 2.05) is 6.07 Å². The van der Waals surface area contributed by atoms with Gasteiger partial charge in [0.25, 0.3) is 10.0 Å². The molecule has 1 aliphatic rings. The molecule has 1 aliphatic heterocycles. The van der Waals surface area contributed by atoms with Crippen molar-refractivity contribution in [2.75, 3.05) is 10.8 Å². The van der Waals surface area contributed by atoms with Crippen LogP contribution in [0.5, 0.6) is 5.88 Å². The molecule has 7 nitrogen and oxygen atoms in total. The quantitative estimate of drug-likeness (QED) is 0.503. The molecule has 0 amide bonds. The average molecular weight is 486 g/mol. The van der Waals surface area contributed by atoms with Gasteiger partial charge in [-0.25, -0.2) is 17.8 Å². The van der Waals surface area contributed by atoms with Crippen molar-refractivity contribution >= 4 is 33.1 Å². The molecule has 0 bridgehead atoms. The molecule has 2 aromatic carbocycles. The lowest BCUT2D eigenvalue weighted by Crippen LogP contribution is -2.42. The molecule has 0 spiro atoms. The Morgan fingerprint density at radius 1 is 1.30 bits per heavy atom. The van der Waals surface area contributed by atoms with Crippen molar-refractivity contribution in [2.24, 2.45) is 0 Å². The van der Waals surface area contributed by atoms with Gasteiger partial charge in [0.15, 0.2) is 5.78 Å². The van der Waals surface area contributed by atoms with E-state index in [4.69, 9.17) is 21.6 Å². The van der Waals surface area contributed by atoms with Gasteiger partial charge < -0.3 is 4.74 Å². The fourth-order valence-corrected chi connectivity index (χ4v) is 5.37. The number of hydrogen-bond acceptors (Lipinski definition) is 6. The first-order chi connectivity index (χ1) is 15.7. The highest BCUT2D eigenvalue weighted by molar-refractivity contribution is 7.92. The minimum absolute atomic E-state index is 0.00430. The number of pyridine rings is 1. The molecular formula is C23H17ClFN3O4S. The number of benzene rings is 2. The molecule has 0 fully saturated rings. The van der Waals surface area contributed by atoms with Gasteiger partial charge in [0.2, 0.25) is 5.88 Å². The first kappa shape index (κ1) is 22.7. The van der Waals surface area contributed by atoms with Crippen LogP contribution in [0, 0.1) is 17.1 Å². The molecule has 3 aromatic rings. The summed E-state index contributed by atoms with van der Waals surface area (Å²) in [5.74, 6) is -1.22. The third-order valence-corrected chi connectivity index (χ3v) is 7.14. The first-order valence-corrected chi connectivity index (χ1v) is 11.7. The van der Waals surface area contributed by atoms with Crippen molar-refractivity contribution < 1.29 is 22.3 Å². The summed E-state index contributed by atoms with van der Waals surface area (Å²) in [6.07, 6.45) is 0.655. The fourth-order valence-electron chi connectivity index (χ4n) is 3.53. The zero-order valence-corrected chi connectivity index (χ0v) is 18.9. The molecule has 0 N–H and O–H groups in total. The minimum atomic E-state index is -4.06. The summed E-state index contributed by atoms with van der Waals surface area (Å²) in [6.45, 7) is 1.71. The van der Waals surface area contributed by atoms with Crippen molar-refractivity contribution in [3.8, 4) is 11.9 Å². The number of sulfonamides is 1. The fraction of sp³-hybridized carbons (Fsp3) is 0.174. The number of nitriles is 1. The van der Waals surface area contributed by atoms with E-state index >= 15 is 0 Å². The number of carbonyl (C=O) groups excluding carboxylic acids is 1. The Hall–Kier alpha value is -3.48. The van der Waals surface area contributed by atoms with Crippen LogP contribution in [0.15, 0.2) is 59.6 Å². The zero-order valence-electron chi connectivity index (χ0n) is 17.3. The number of fused-ring (bicyclic) bond motifs is 1. The molecule has 2 heterocycles. The predicted octanol–water partition coefficient (Wildman–Crippen LogP) is 4.15. The van der Waals surface area contributed by atoms with E-state index in [0.717, 1.165) is 10.4 Å². The molecule has 1 aromatic heterocycles. The van der Waals surface area contributed by atoms with E-state index in [9.17, 15) is 17.6 Å². The lowest BCUT2D eigenvalue weighted by molar-refractivity contribution is 0.0989. The van der Waals surface area contributed by atoms with Crippen molar-refractivity contribution in [1.29, 1.82) is 5.26 Å². The predicted molar refractivity (Wildman–Crippen MR) is 119 cm³/mol. The maximum Gasteiger partial charge on any atom is 0.264 e. The van der Waals surface area contributed by atoms with Crippen LogP contribution >= 0.6 is 11.6 Å².